The molecule has 0 spiro atoms. The van der Waals surface area contributed by atoms with Crippen molar-refractivity contribution in [3.8, 4) is 12.1 Å². The van der Waals surface area contributed by atoms with E-state index in [9.17, 15) is 13.2 Å². The fourth-order valence-electron chi connectivity index (χ4n) is 1.96. The van der Waals surface area contributed by atoms with Crippen molar-refractivity contribution in [2.75, 3.05) is 5.32 Å². The van der Waals surface area contributed by atoms with Gasteiger partial charge in [0.05, 0.1) is 28.4 Å². The zero-order chi connectivity index (χ0) is 16.3. The van der Waals surface area contributed by atoms with Gasteiger partial charge >= 0.3 is 6.18 Å². The van der Waals surface area contributed by atoms with E-state index < -0.39 is 11.7 Å². The van der Waals surface area contributed by atoms with E-state index >= 15 is 0 Å². The SMILES string of the molecule is Cc1c(C#N)cccc1Nc1cc(C(F)(F)F)ccc1C#N. The normalized spacial score (nSPS) is 10.6. The van der Waals surface area contributed by atoms with Crippen LogP contribution in [0.2, 0.25) is 0 Å². The van der Waals surface area contributed by atoms with E-state index in [0.717, 1.165) is 18.2 Å². The van der Waals surface area contributed by atoms with Crippen molar-refractivity contribution in [2.24, 2.45) is 0 Å². The molecule has 1 N–H and O–H groups in total. The Bertz CT molecular complexity index is 796. The number of nitriles is 2. The van der Waals surface area contributed by atoms with E-state index in [1.54, 1.807) is 25.1 Å². The summed E-state index contributed by atoms with van der Waals surface area (Å²) in [7, 11) is 0. The maximum Gasteiger partial charge on any atom is 0.416 e. The minimum absolute atomic E-state index is 0.0514. The van der Waals surface area contributed by atoms with Crippen LogP contribution in [0.25, 0.3) is 0 Å². The summed E-state index contributed by atoms with van der Waals surface area (Å²) >= 11 is 0. The predicted molar refractivity (Wildman–Crippen MR) is 75.3 cm³/mol. The molecule has 2 aromatic rings. The summed E-state index contributed by atoms with van der Waals surface area (Å²) in [6.07, 6.45) is -4.49. The van der Waals surface area contributed by atoms with Gasteiger partial charge in [-0.05, 0) is 42.8 Å². The third kappa shape index (κ3) is 3.02. The van der Waals surface area contributed by atoms with Crippen LogP contribution in [-0.4, -0.2) is 0 Å². The fraction of sp³-hybridized carbons (Fsp3) is 0.125. The summed E-state index contributed by atoms with van der Waals surface area (Å²) in [5, 5.41) is 20.8. The second-order valence-electron chi connectivity index (χ2n) is 4.58. The molecule has 2 rings (SSSR count). The molecule has 6 heteroatoms. The molecule has 0 aliphatic rings. The molecule has 0 saturated carbocycles. The number of hydrogen-bond acceptors (Lipinski definition) is 3. The third-order valence-electron chi connectivity index (χ3n) is 3.19. The number of benzene rings is 2. The summed E-state index contributed by atoms with van der Waals surface area (Å²) in [6.45, 7) is 1.68. The first-order chi connectivity index (χ1) is 10.4. The van der Waals surface area contributed by atoms with Crippen LogP contribution in [0.15, 0.2) is 36.4 Å². The topological polar surface area (TPSA) is 59.6 Å². The van der Waals surface area contributed by atoms with Crippen molar-refractivity contribution in [3.05, 3.63) is 58.7 Å². The van der Waals surface area contributed by atoms with Crippen molar-refractivity contribution >= 4 is 11.4 Å². The van der Waals surface area contributed by atoms with Crippen LogP contribution < -0.4 is 5.32 Å². The van der Waals surface area contributed by atoms with Gasteiger partial charge in [-0.15, -0.1) is 0 Å². The molecule has 0 unspecified atom stereocenters. The van der Waals surface area contributed by atoms with Crippen LogP contribution in [0.4, 0.5) is 24.5 Å². The minimum Gasteiger partial charge on any atom is -0.354 e. The molecule has 22 heavy (non-hydrogen) atoms. The largest absolute Gasteiger partial charge is 0.416 e. The quantitative estimate of drug-likeness (QED) is 0.888. The Morgan fingerprint density at radius 2 is 1.64 bits per heavy atom. The maximum atomic E-state index is 12.8. The van der Waals surface area contributed by atoms with Crippen molar-refractivity contribution in [1.29, 1.82) is 10.5 Å². The van der Waals surface area contributed by atoms with Crippen molar-refractivity contribution < 1.29 is 13.2 Å². The lowest BCUT2D eigenvalue weighted by atomic mass is 10.1. The molecule has 0 radical (unpaired) electrons. The summed E-state index contributed by atoms with van der Waals surface area (Å²) in [6, 6.07) is 11.6. The molecule has 0 amide bonds. The van der Waals surface area contributed by atoms with E-state index in [1.165, 1.54) is 0 Å². The lowest BCUT2D eigenvalue weighted by Crippen LogP contribution is -2.06. The van der Waals surface area contributed by atoms with Crippen LogP contribution in [0, 0.1) is 29.6 Å². The highest BCUT2D eigenvalue weighted by molar-refractivity contribution is 5.71. The zero-order valence-corrected chi connectivity index (χ0v) is 11.5. The first-order valence-corrected chi connectivity index (χ1v) is 6.25. The third-order valence-corrected chi connectivity index (χ3v) is 3.19. The van der Waals surface area contributed by atoms with Gasteiger partial charge in [-0.2, -0.15) is 23.7 Å². The molecule has 3 nitrogen and oxygen atoms in total. The highest BCUT2D eigenvalue weighted by Crippen LogP contribution is 2.33. The second-order valence-corrected chi connectivity index (χ2v) is 4.58. The maximum absolute atomic E-state index is 12.8. The summed E-state index contributed by atoms with van der Waals surface area (Å²) < 4.78 is 38.4. The van der Waals surface area contributed by atoms with E-state index in [1.807, 2.05) is 12.1 Å². The molecule has 0 aliphatic heterocycles. The minimum atomic E-state index is -4.49. The van der Waals surface area contributed by atoms with Crippen LogP contribution >= 0.6 is 0 Å². The Balaban J connectivity index is 2.50. The Kier molecular flexibility index (Phi) is 4.05. The van der Waals surface area contributed by atoms with E-state index in [-0.39, 0.29) is 11.3 Å². The summed E-state index contributed by atoms with van der Waals surface area (Å²) in [5.74, 6) is 0. The molecule has 0 heterocycles. The molecule has 0 aliphatic carbocycles. The number of rotatable bonds is 2. The molecule has 0 bridgehead atoms. The first-order valence-electron chi connectivity index (χ1n) is 6.25. The van der Waals surface area contributed by atoms with Gasteiger partial charge in [0.15, 0.2) is 0 Å². The Morgan fingerprint density at radius 3 is 2.23 bits per heavy atom. The predicted octanol–water partition coefficient (Wildman–Crippen LogP) is 4.50. The van der Waals surface area contributed by atoms with Crippen LogP contribution in [0.3, 0.4) is 0 Å². The summed E-state index contributed by atoms with van der Waals surface area (Å²) in [5.41, 5.74) is 0.796. The monoisotopic (exact) mass is 301 g/mol. The lowest BCUT2D eigenvalue weighted by molar-refractivity contribution is -0.137. The number of nitrogens with zero attached hydrogens (tertiary/aromatic N) is 2. The molecule has 0 aromatic heterocycles. The standard InChI is InChI=1S/C16H10F3N3/c1-10-11(8-20)3-2-4-14(10)22-15-7-13(16(17,18)19)6-5-12(15)9-21/h2-7,22H,1H3. The average Bonchev–Trinajstić information content (AvgIpc) is 2.48. The Morgan fingerprint density at radius 1 is 0.955 bits per heavy atom. The molecule has 0 atom stereocenters. The molecule has 2 aromatic carbocycles. The number of anilines is 2. The molecular weight excluding hydrogens is 291 g/mol. The van der Waals surface area contributed by atoms with Gasteiger partial charge < -0.3 is 5.32 Å². The first kappa shape index (κ1) is 15.4. The number of nitrogens with one attached hydrogen (secondary N) is 1. The molecular formula is C16H10F3N3. The van der Waals surface area contributed by atoms with Crippen molar-refractivity contribution in [2.45, 2.75) is 13.1 Å². The molecule has 0 fully saturated rings. The van der Waals surface area contributed by atoms with Crippen molar-refractivity contribution in [1.82, 2.24) is 0 Å². The van der Waals surface area contributed by atoms with Gasteiger partial charge in [-0.3, -0.25) is 0 Å². The van der Waals surface area contributed by atoms with Crippen LogP contribution in [0.1, 0.15) is 22.3 Å². The van der Waals surface area contributed by atoms with Crippen LogP contribution in [-0.2, 0) is 6.18 Å². The van der Waals surface area contributed by atoms with E-state index in [2.05, 4.69) is 5.32 Å². The Labute approximate surface area is 125 Å². The van der Waals surface area contributed by atoms with Gasteiger partial charge in [0, 0.05) is 5.69 Å². The number of alkyl halides is 3. The lowest BCUT2D eigenvalue weighted by Gasteiger charge is -2.14. The smallest absolute Gasteiger partial charge is 0.354 e. The second kappa shape index (κ2) is 5.79. The summed E-state index contributed by atoms with van der Waals surface area (Å²) in [4.78, 5) is 0. The van der Waals surface area contributed by atoms with E-state index in [0.29, 0.717) is 16.8 Å². The van der Waals surface area contributed by atoms with Gasteiger partial charge in [-0.25, -0.2) is 0 Å². The van der Waals surface area contributed by atoms with Gasteiger partial charge in [0.25, 0.3) is 0 Å². The molecule has 110 valence electrons. The van der Waals surface area contributed by atoms with Gasteiger partial charge in [-0.1, -0.05) is 6.07 Å². The van der Waals surface area contributed by atoms with Crippen LogP contribution in [0.5, 0.6) is 0 Å². The van der Waals surface area contributed by atoms with Gasteiger partial charge in [0.1, 0.15) is 6.07 Å². The Hall–Kier alpha value is -2.99. The average molecular weight is 301 g/mol. The van der Waals surface area contributed by atoms with Gasteiger partial charge in [0.2, 0.25) is 0 Å². The number of halogens is 3. The van der Waals surface area contributed by atoms with E-state index in [4.69, 9.17) is 10.5 Å². The fourth-order valence-corrected chi connectivity index (χ4v) is 1.96. The highest BCUT2D eigenvalue weighted by atomic mass is 19.4. The molecule has 0 saturated heterocycles. The zero-order valence-electron chi connectivity index (χ0n) is 11.5. The van der Waals surface area contributed by atoms with Crippen molar-refractivity contribution in [3.63, 3.8) is 0 Å². The number of hydrogen-bond donors (Lipinski definition) is 1. The highest BCUT2D eigenvalue weighted by Gasteiger charge is 2.31.